The molecule has 106 valence electrons. The molecule has 2 heteroatoms. The number of hydrogen-bond donors (Lipinski definition) is 0. The van der Waals surface area contributed by atoms with Crippen LogP contribution in [-0.4, -0.2) is 36.8 Å². The molecule has 0 nitrogen and oxygen atoms in total. The first-order valence-corrected chi connectivity index (χ1v) is 27.4. The van der Waals surface area contributed by atoms with Crippen LogP contribution in [0, 0.1) is 0 Å². The fourth-order valence-corrected chi connectivity index (χ4v) is 26.9. The van der Waals surface area contributed by atoms with E-state index in [9.17, 15) is 0 Å². The number of benzene rings is 2. The summed E-state index contributed by atoms with van der Waals surface area (Å²) in [5.41, 5.74) is 2.91. The van der Waals surface area contributed by atoms with Crippen LogP contribution in [0.4, 0.5) is 0 Å². The van der Waals surface area contributed by atoms with Crippen molar-refractivity contribution < 1.29 is 0 Å². The molecular formula is C18H26Sn2. The van der Waals surface area contributed by atoms with E-state index in [-0.39, 0.29) is 0 Å². The summed E-state index contributed by atoms with van der Waals surface area (Å²) < 4.78 is 3.53. The van der Waals surface area contributed by atoms with Crippen molar-refractivity contribution in [3.8, 4) is 11.1 Å². The molecule has 0 N–H and O–H groups in total. The van der Waals surface area contributed by atoms with Gasteiger partial charge >= 0.3 is 133 Å². The first-order chi connectivity index (χ1) is 9.21. The van der Waals surface area contributed by atoms with E-state index in [1.165, 1.54) is 11.1 Å². The summed E-state index contributed by atoms with van der Waals surface area (Å²) in [6.07, 6.45) is 0. The monoisotopic (exact) mass is 482 g/mol. The van der Waals surface area contributed by atoms with Gasteiger partial charge in [0.2, 0.25) is 0 Å². The van der Waals surface area contributed by atoms with Crippen LogP contribution in [0.25, 0.3) is 11.1 Å². The van der Waals surface area contributed by atoms with Crippen LogP contribution in [0.1, 0.15) is 0 Å². The summed E-state index contributed by atoms with van der Waals surface area (Å²) in [7, 11) is 0. The number of rotatable bonds is 3. The van der Waals surface area contributed by atoms with Crippen molar-refractivity contribution in [3.05, 3.63) is 48.5 Å². The van der Waals surface area contributed by atoms with Gasteiger partial charge < -0.3 is 0 Å². The molecule has 2 aromatic rings. The van der Waals surface area contributed by atoms with Crippen LogP contribution in [0.5, 0.6) is 0 Å². The summed E-state index contributed by atoms with van der Waals surface area (Å²) >= 11 is -4.23. The molecule has 0 spiro atoms. The summed E-state index contributed by atoms with van der Waals surface area (Å²) in [4.78, 5) is 15.3. The van der Waals surface area contributed by atoms with Gasteiger partial charge in [0.05, 0.1) is 0 Å². The fraction of sp³-hybridized carbons (Fsp3) is 0.333. The van der Waals surface area contributed by atoms with Gasteiger partial charge in [0.15, 0.2) is 0 Å². The predicted molar refractivity (Wildman–Crippen MR) is 97.8 cm³/mol. The van der Waals surface area contributed by atoms with Crippen LogP contribution in [0.3, 0.4) is 0 Å². The molecule has 0 atom stereocenters. The van der Waals surface area contributed by atoms with Crippen molar-refractivity contribution >= 4 is 43.9 Å². The van der Waals surface area contributed by atoms with E-state index < -0.39 is 36.8 Å². The second kappa shape index (κ2) is 6.03. The van der Waals surface area contributed by atoms with Gasteiger partial charge in [0.1, 0.15) is 0 Å². The molecular weight excluding hydrogens is 454 g/mol. The Bertz CT molecular complexity index is 587. The van der Waals surface area contributed by atoms with Gasteiger partial charge in [0.25, 0.3) is 0 Å². The molecule has 0 radical (unpaired) electrons. The SMILES string of the molecule is [CH3][Sn]([CH3])([CH3])[c]1cccc(-c2ccccc2)[c]1[Sn]([CH3])([CH3])[CH3]. The van der Waals surface area contributed by atoms with Crippen LogP contribution in [0.2, 0.25) is 29.6 Å². The molecule has 0 aliphatic carbocycles. The third-order valence-electron chi connectivity index (χ3n) is 3.71. The van der Waals surface area contributed by atoms with Crippen LogP contribution >= 0.6 is 0 Å². The average Bonchev–Trinajstić information content (AvgIpc) is 2.37. The van der Waals surface area contributed by atoms with Crippen LogP contribution < -0.4 is 7.16 Å². The zero-order valence-electron chi connectivity index (χ0n) is 13.6. The molecule has 20 heavy (non-hydrogen) atoms. The van der Waals surface area contributed by atoms with E-state index in [4.69, 9.17) is 0 Å². The fourth-order valence-electron chi connectivity index (χ4n) is 2.84. The van der Waals surface area contributed by atoms with Crippen LogP contribution in [-0.2, 0) is 0 Å². The molecule has 0 aliphatic heterocycles. The minimum atomic E-state index is -2.16. The Balaban J connectivity index is 2.77. The van der Waals surface area contributed by atoms with Crippen molar-refractivity contribution in [2.45, 2.75) is 29.6 Å². The average molecular weight is 480 g/mol. The van der Waals surface area contributed by atoms with Crippen molar-refractivity contribution in [2.75, 3.05) is 0 Å². The van der Waals surface area contributed by atoms with Gasteiger partial charge in [-0.25, -0.2) is 0 Å². The Labute approximate surface area is 132 Å². The van der Waals surface area contributed by atoms with Crippen molar-refractivity contribution in [1.82, 2.24) is 0 Å². The maximum atomic E-state index is 2.55. The van der Waals surface area contributed by atoms with Gasteiger partial charge in [-0.05, 0) is 0 Å². The molecule has 0 bridgehead atoms. The van der Waals surface area contributed by atoms with E-state index in [2.05, 4.69) is 78.2 Å². The third kappa shape index (κ3) is 3.62. The maximum absolute atomic E-state index is 2.55. The van der Waals surface area contributed by atoms with Crippen molar-refractivity contribution in [3.63, 3.8) is 0 Å². The quantitative estimate of drug-likeness (QED) is 0.571. The topological polar surface area (TPSA) is 0 Å². The standard InChI is InChI=1S/C12H8.6CH3.2Sn/c1-3-7-11(8-4-1)12-9-5-2-6-10-12;;;;;;;;/h1-5,7-9H;6*1H3;;. The molecule has 2 aromatic carbocycles. The van der Waals surface area contributed by atoms with Crippen molar-refractivity contribution in [1.29, 1.82) is 0 Å². The summed E-state index contributed by atoms with van der Waals surface area (Å²) in [5, 5.41) is 0. The minimum absolute atomic E-state index is 1.39. The first-order valence-electron chi connectivity index (χ1n) is 7.40. The molecule has 0 heterocycles. The number of hydrogen-bond acceptors (Lipinski definition) is 0. The van der Waals surface area contributed by atoms with Gasteiger partial charge in [0, 0.05) is 0 Å². The van der Waals surface area contributed by atoms with Crippen molar-refractivity contribution in [2.24, 2.45) is 0 Å². The van der Waals surface area contributed by atoms with Gasteiger partial charge in [-0.3, -0.25) is 0 Å². The molecule has 0 amide bonds. The Hall–Kier alpha value is 0.0374. The Morgan fingerprint density at radius 2 is 1.20 bits per heavy atom. The van der Waals surface area contributed by atoms with Gasteiger partial charge in [-0.15, -0.1) is 0 Å². The molecule has 0 saturated heterocycles. The Morgan fingerprint density at radius 3 is 1.70 bits per heavy atom. The van der Waals surface area contributed by atoms with Crippen LogP contribution in [0.15, 0.2) is 48.5 Å². The second-order valence-electron chi connectivity index (χ2n) is 7.59. The summed E-state index contributed by atoms with van der Waals surface area (Å²) in [5.74, 6) is 0. The molecule has 0 saturated carbocycles. The normalized spacial score (nSPS) is 12.5. The van der Waals surface area contributed by atoms with E-state index in [0.29, 0.717) is 0 Å². The predicted octanol–water partition coefficient (Wildman–Crippen LogP) is 4.44. The summed E-state index contributed by atoms with van der Waals surface area (Å²) in [6, 6.07) is 18.0. The molecule has 2 rings (SSSR count). The molecule has 0 unspecified atom stereocenters. The zero-order valence-corrected chi connectivity index (χ0v) is 19.3. The zero-order chi connectivity index (χ0) is 15.0. The van der Waals surface area contributed by atoms with Gasteiger partial charge in [-0.1, -0.05) is 0 Å². The Kier molecular flexibility index (Phi) is 4.95. The Morgan fingerprint density at radius 1 is 0.600 bits per heavy atom. The summed E-state index contributed by atoms with van der Waals surface area (Å²) in [6.45, 7) is 0. The molecule has 0 aromatic heterocycles. The van der Waals surface area contributed by atoms with E-state index in [1.54, 1.807) is 7.16 Å². The second-order valence-corrected chi connectivity index (χ2v) is 36.2. The van der Waals surface area contributed by atoms with E-state index in [0.717, 1.165) is 0 Å². The first kappa shape index (κ1) is 16.4. The molecule has 0 aliphatic rings. The third-order valence-corrected chi connectivity index (χ3v) is 17.4. The van der Waals surface area contributed by atoms with Gasteiger partial charge in [-0.2, -0.15) is 0 Å². The molecule has 0 fully saturated rings. The van der Waals surface area contributed by atoms with E-state index >= 15 is 0 Å². The van der Waals surface area contributed by atoms with E-state index in [1.807, 2.05) is 0 Å².